The number of hydrogen-bond acceptors (Lipinski definition) is 5. The van der Waals surface area contributed by atoms with Gasteiger partial charge in [0.15, 0.2) is 0 Å². The van der Waals surface area contributed by atoms with Gasteiger partial charge in [0.25, 0.3) is 0 Å². The Morgan fingerprint density at radius 2 is 1.89 bits per heavy atom. The molecule has 1 aliphatic heterocycles. The first kappa shape index (κ1) is 21.0. The van der Waals surface area contributed by atoms with E-state index < -0.39 is 6.09 Å². The van der Waals surface area contributed by atoms with E-state index in [9.17, 15) is 9.90 Å². The number of H-pyrrole nitrogens is 1. The summed E-state index contributed by atoms with van der Waals surface area (Å²) in [6, 6.07) is 22.4. The first-order chi connectivity index (χ1) is 17.1. The lowest BCUT2D eigenvalue weighted by Gasteiger charge is -2.23. The fourth-order valence-electron chi connectivity index (χ4n) is 4.56. The molecule has 3 heterocycles. The van der Waals surface area contributed by atoms with Gasteiger partial charge in [-0.25, -0.2) is 9.78 Å². The maximum Gasteiger partial charge on any atom is 0.413 e. The number of aromatic nitrogens is 3. The minimum Gasteiger partial charge on any atom is -0.491 e. The van der Waals surface area contributed by atoms with Crippen LogP contribution in [0.1, 0.15) is 5.56 Å². The summed E-state index contributed by atoms with van der Waals surface area (Å²) in [5.74, 6) is 1.18. The van der Waals surface area contributed by atoms with Crippen molar-refractivity contribution in [2.24, 2.45) is 0 Å². The van der Waals surface area contributed by atoms with Crippen molar-refractivity contribution in [3.05, 3.63) is 78.5 Å². The average molecular weight is 466 g/mol. The number of para-hydroxylation sites is 1. The maximum absolute atomic E-state index is 11.3. The van der Waals surface area contributed by atoms with Crippen molar-refractivity contribution in [1.82, 2.24) is 15.0 Å². The third-order valence-electron chi connectivity index (χ3n) is 6.41. The van der Waals surface area contributed by atoms with E-state index in [1.54, 1.807) is 0 Å². The number of rotatable bonds is 3. The Morgan fingerprint density at radius 3 is 2.77 bits per heavy atom. The number of carbonyl (C=O) groups is 1. The number of fused-ring (bicyclic) bond motifs is 3. The van der Waals surface area contributed by atoms with Gasteiger partial charge in [0.05, 0.1) is 23.1 Å². The molecule has 0 fully saturated rings. The third-order valence-corrected chi connectivity index (χ3v) is 6.41. The summed E-state index contributed by atoms with van der Waals surface area (Å²) in [5.41, 5.74) is 6.79. The number of imidazole rings is 1. The molecule has 2 aromatic heterocycles. The van der Waals surface area contributed by atoms with Gasteiger partial charge in [0.2, 0.25) is 5.95 Å². The number of aromatic amines is 1. The molecule has 0 saturated carbocycles. The maximum atomic E-state index is 11.3. The van der Waals surface area contributed by atoms with E-state index in [1.807, 2.05) is 48.7 Å². The Morgan fingerprint density at radius 1 is 1.06 bits per heavy atom. The fourth-order valence-corrected chi connectivity index (χ4v) is 4.56. The minimum atomic E-state index is -1.07. The minimum absolute atomic E-state index is 0.292. The largest absolute Gasteiger partial charge is 0.491 e. The predicted molar refractivity (Wildman–Crippen MR) is 136 cm³/mol. The molecule has 35 heavy (non-hydrogen) atoms. The molecule has 0 spiro atoms. The van der Waals surface area contributed by atoms with Gasteiger partial charge in [-0.3, -0.25) is 9.88 Å². The van der Waals surface area contributed by atoms with Gasteiger partial charge >= 0.3 is 6.09 Å². The highest BCUT2D eigenvalue weighted by atomic mass is 16.5. The summed E-state index contributed by atoms with van der Waals surface area (Å²) in [5, 5.41) is 10.4. The van der Waals surface area contributed by atoms with Crippen LogP contribution in [0.5, 0.6) is 5.75 Å². The van der Waals surface area contributed by atoms with Gasteiger partial charge in [-0.15, -0.1) is 0 Å². The molecule has 6 rings (SSSR count). The molecule has 0 bridgehead atoms. The Kier molecular flexibility index (Phi) is 4.99. The number of anilines is 2. The summed E-state index contributed by atoms with van der Waals surface area (Å²) < 4.78 is 6.09. The highest BCUT2D eigenvalue weighted by Crippen LogP contribution is 2.34. The summed E-state index contributed by atoms with van der Waals surface area (Å²) in [4.78, 5) is 26.7. The molecule has 0 aliphatic carbocycles. The Balaban J connectivity index is 1.35. The zero-order valence-corrected chi connectivity index (χ0v) is 19.1. The van der Waals surface area contributed by atoms with Crippen molar-refractivity contribution in [3.63, 3.8) is 0 Å². The van der Waals surface area contributed by atoms with Crippen molar-refractivity contribution < 1.29 is 14.6 Å². The molecule has 0 radical (unpaired) electrons. The van der Waals surface area contributed by atoms with E-state index in [4.69, 9.17) is 4.74 Å². The number of hydrogen-bond donors (Lipinski definition) is 2. The molecule has 5 aromatic rings. The summed E-state index contributed by atoms with van der Waals surface area (Å²) >= 11 is 0. The van der Waals surface area contributed by atoms with Crippen molar-refractivity contribution in [2.75, 3.05) is 30.0 Å². The van der Waals surface area contributed by atoms with Crippen LogP contribution in [0.3, 0.4) is 0 Å². The molecule has 8 heteroatoms. The van der Waals surface area contributed by atoms with Crippen LogP contribution in [0.2, 0.25) is 0 Å². The molecule has 1 aliphatic rings. The number of carboxylic acid groups (broad SMARTS) is 1. The second-order valence-corrected chi connectivity index (χ2v) is 8.57. The lowest BCUT2D eigenvalue weighted by atomic mass is 10.0. The van der Waals surface area contributed by atoms with Crippen LogP contribution >= 0.6 is 0 Å². The normalized spacial score (nSPS) is 13.3. The van der Waals surface area contributed by atoms with Gasteiger partial charge in [-0.1, -0.05) is 30.3 Å². The van der Waals surface area contributed by atoms with Crippen molar-refractivity contribution in [2.45, 2.75) is 6.54 Å². The number of amides is 1. The van der Waals surface area contributed by atoms with E-state index in [0.717, 1.165) is 62.5 Å². The van der Waals surface area contributed by atoms with Gasteiger partial charge in [-0.2, -0.15) is 0 Å². The highest BCUT2D eigenvalue weighted by Gasteiger charge is 2.19. The van der Waals surface area contributed by atoms with Crippen LogP contribution in [0, 0.1) is 0 Å². The van der Waals surface area contributed by atoms with Gasteiger partial charge < -0.3 is 19.7 Å². The van der Waals surface area contributed by atoms with Gasteiger partial charge in [0.1, 0.15) is 12.4 Å². The van der Waals surface area contributed by atoms with Crippen LogP contribution in [0.4, 0.5) is 16.4 Å². The van der Waals surface area contributed by atoms with E-state index >= 15 is 0 Å². The van der Waals surface area contributed by atoms with Crippen LogP contribution in [-0.4, -0.2) is 46.4 Å². The molecular formula is C27H23N5O3. The monoisotopic (exact) mass is 465 g/mol. The second-order valence-electron chi connectivity index (χ2n) is 8.57. The topological polar surface area (TPSA) is 94.6 Å². The number of benzene rings is 3. The number of nitrogens with zero attached hydrogens (tertiary/aromatic N) is 4. The van der Waals surface area contributed by atoms with Gasteiger partial charge in [0, 0.05) is 36.4 Å². The Labute approximate surface area is 201 Å². The zero-order valence-electron chi connectivity index (χ0n) is 19.1. The Bertz CT molecular complexity index is 1570. The molecule has 0 atom stereocenters. The van der Waals surface area contributed by atoms with Gasteiger partial charge in [-0.05, 0) is 47.5 Å². The van der Waals surface area contributed by atoms with E-state index in [0.29, 0.717) is 18.1 Å². The average Bonchev–Trinajstić information content (AvgIpc) is 3.19. The smallest absolute Gasteiger partial charge is 0.413 e. The lowest BCUT2D eigenvalue weighted by Crippen LogP contribution is -2.25. The predicted octanol–water partition coefficient (Wildman–Crippen LogP) is 5.29. The molecular weight excluding hydrogens is 442 g/mol. The summed E-state index contributed by atoms with van der Waals surface area (Å²) in [6.45, 7) is 2.10. The molecule has 0 saturated heterocycles. The standard InChI is InChI=1S/C27H23N5O3/c1-31(27(33)34)26-29-22-8-6-18(15-23(22)30-26)17-7-9-25-19(14-17)16-32(12-13-35-25)24-10-11-28-21-5-3-2-4-20(21)24/h2-11,14-15H,12-13,16H2,1H3,(H,29,30)(H,33,34). The van der Waals surface area contributed by atoms with E-state index in [1.165, 1.54) is 7.05 Å². The van der Waals surface area contributed by atoms with E-state index in [-0.39, 0.29) is 0 Å². The second kappa shape index (κ2) is 8.32. The van der Waals surface area contributed by atoms with Crippen molar-refractivity contribution in [3.8, 4) is 16.9 Å². The molecule has 1 amide bonds. The summed E-state index contributed by atoms with van der Waals surface area (Å²) in [7, 11) is 1.46. The zero-order chi connectivity index (χ0) is 23.9. The number of pyridine rings is 1. The fraction of sp³-hybridized carbons (Fsp3) is 0.148. The molecule has 174 valence electrons. The molecule has 8 nitrogen and oxygen atoms in total. The first-order valence-corrected chi connectivity index (χ1v) is 11.4. The highest BCUT2D eigenvalue weighted by molar-refractivity contribution is 5.92. The van der Waals surface area contributed by atoms with Crippen LogP contribution in [-0.2, 0) is 6.54 Å². The number of ether oxygens (including phenoxy) is 1. The quantitative estimate of drug-likeness (QED) is 0.376. The lowest BCUT2D eigenvalue weighted by molar-refractivity contribution is 0.203. The number of nitrogens with one attached hydrogen (secondary N) is 1. The van der Waals surface area contributed by atoms with Crippen LogP contribution in [0.15, 0.2) is 72.9 Å². The first-order valence-electron chi connectivity index (χ1n) is 11.4. The van der Waals surface area contributed by atoms with E-state index in [2.05, 4.69) is 44.1 Å². The van der Waals surface area contributed by atoms with Crippen molar-refractivity contribution in [1.29, 1.82) is 0 Å². The van der Waals surface area contributed by atoms with Crippen LogP contribution < -0.4 is 14.5 Å². The SMILES string of the molecule is CN(C(=O)O)c1nc2ccc(-c3ccc4c(c3)CN(c3ccnc5ccccc35)CCO4)cc2[nH]1. The molecule has 0 unspecified atom stereocenters. The van der Waals surface area contributed by atoms with Crippen molar-refractivity contribution >= 4 is 39.7 Å². The third kappa shape index (κ3) is 3.78. The summed E-state index contributed by atoms with van der Waals surface area (Å²) in [6.07, 6.45) is 0.790. The van der Waals surface area contributed by atoms with Crippen LogP contribution in [0.25, 0.3) is 33.1 Å². The Hall–Kier alpha value is -4.59. The molecule has 3 aromatic carbocycles. The molecule has 2 N–H and O–H groups in total.